The van der Waals surface area contributed by atoms with Crippen molar-refractivity contribution < 1.29 is 0 Å². The van der Waals surface area contributed by atoms with Crippen LogP contribution in [0.4, 0.5) is 0 Å². The van der Waals surface area contributed by atoms with E-state index < -0.39 is 0 Å². The fourth-order valence-corrected chi connectivity index (χ4v) is 3.63. The lowest BCUT2D eigenvalue weighted by molar-refractivity contribution is 0.0444. The Morgan fingerprint density at radius 3 is 2.35 bits per heavy atom. The zero-order valence-electron chi connectivity index (χ0n) is 14.8. The summed E-state index contributed by atoms with van der Waals surface area (Å²) in [4.78, 5) is 2.73. The van der Waals surface area contributed by atoms with Crippen LogP contribution in [0.5, 0.6) is 0 Å². The molecule has 20 heavy (non-hydrogen) atoms. The van der Waals surface area contributed by atoms with Gasteiger partial charge in [-0.15, -0.1) is 0 Å². The van der Waals surface area contributed by atoms with E-state index in [2.05, 4.69) is 46.4 Å². The van der Waals surface area contributed by atoms with Crippen molar-refractivity contribution in [3.63, 3.8) is 0 Å². The van der Waals surface area contributed by atoms with Gasteiger partial charge in [0.1, 0.15) is 0 Å². The third-order valence-electron chi connectivity index (χ3n) is 5.45. The Labute approximate surface area is 127 Å². The molecule has 0 aromatic rings. The van der Waals surface area contributed by atoms with Crippen LogP contribution in [0.2, 0.25) is 0 Å². The maximum Gasteiger partial charge on any atom is 0.0252 e. The van der Waals surface area contributed by atoms with E-state index >= 15 is 0 Å². The van der Waals surface area contributed by atoms with Gasteiger partial charge in [0.15, 0.2) is 0 Å². The van der Waals surface area contributed by atoms with Gasteiger partial charge in [-0.1, -0.05) is 41.0 Å². The zero-order chi connectivity index (χ0) is 15.3. The molecule has 4 unspecified atom stereocenters. The smallest absolute Gasteiger partial charge is 0.0252 e. The molecule has 2 nitrogen and oxygen atoms in total. The number of nitrogens with zero attached hydrogens (tertiary/aromatic N) is 1. The molecule has 120 valence electrons. The summed E-state index contributed by atoms with van der Waals surface area (Å²) in [5, 5.41) is 0. The third kappa shape index (κ3) is 4.73. The summed E-state index contributed by atoms with van der Waals surface area (Å²) in [6.45, 7) is 15.4. The summed E-state index contributed by atoms with van der Waals surface area (Å²) in [6, 6.07) is 1.63. The van der Waals surface area contributed by atoms with E-state index in [0.29, 0.717) is 23.5 Å². The van der Waals surface area contributed by atoms with Crippen molar-refractivity contribution in [1.82, 2.24) is 4.90 Å². The van der Waals surface area contributed by atoms with Crippen LogP contribution in [-0.4, -0.2) is 29.6 Å². The lowest BCUT2D eigenvalue weighted by Crippen LogP contribution is -2.55. The molecule has 0 heterocycles. The standard InChI is InChI=1S/C18H38N2/c1-7-9-12-20(14(3)8-2)17-13-15(18(4,5)6)10-11-16(17)19/h14-17H,7-13,19H2,1-6H3. The molecule has 0 saturated heterocycles. The van der Waals surface area contributed by atoms with Crippen molar-refractivity contribution in [3.8, 4) is 0 Å². The quantitative estimate of drug-likeness (QED) is 0.781. The monoisotopic (exact) mass is 282 g/mol. The average Bonchev–Trinajstić information content (AvgIpc) is 2.39. The molecule has 0 spiro atoms. The van der Waals surface area contributed by atoms with Crippen LogP contribution >= 0.6 is 0 Å². The van der Waals surface area contributed by atoms with Crippen LogP contribution in [0.15, 0.2) is 0 Å². The minimum atomic E-state index is 0.374. The van der Waals surface area contributed by atoms with Gasteiger partial charge in [0.2, 0.25) is 0 Å². The Balaban J connectivity index is 2.80. The molecule has 1 aliphatic carbocycles. The predicted octanol–water partition coefficient (Wildman–Crippen LogP) is 4.43. The number of hydrogen-bond acceptors (Lipinski definition) is 2. The van der Waals surface area contributed by atoms with Crippen LogP contribution in [-0.2, 0) is 0 Å². The molecular weight excluding hydrogens is 244 g/mol. The fourth-order valence-electron chi connectivity index (χ4n) is 3.63. The Morgan fingerprint density at radius 2 is 1.85 bits per heavy atom. The number of nitrogens with two attached hydrogens (primary N) is 1. The van der Waals surface area contributed by atoms with E-state index in [4.69, 9.17) is 5.73 Å². The molecule has 1 fully saturated rings. The molecule has 0 aromatic heterocycles. The third-order valence-corrected chi connectivity index (χ3v) is 5.45. The van der Waals surface area contributed by atoms with Gasteiger partial charge in [-0.05, 0) is 56.9 Å². The van der Waals surface area contributed by atoms with Crippen molar-refractivity contribution in [2.75, 3.05) is 6.54 Å². The molecule has 1 rings (SSSR count). The van der Waals surface area contributed by atoms with Crippen molar-refractivity contribution in [2.45, 2.75) is 98.2 Å². The highest BCUT2D eigenvalue weighted by Crippen LogP contribution is 2.39. The van der Waals surface area contributed by atoms with Crippen LogP contribution in [0.1, 0.15) is 80.1 Å². The highest BCUT2D eigenvalue weighted by Gasteiger charge is 2.37. The first kappa shape index (κ1) is 18.0. The Kier molecular flexibility index (Phi) is 7.00. The minimum absolute atomic E-state index is 0.374. The molecule has 1 aliphatic rings. The van der Waals surface area contributed by atoms with Crippen molar-refractivity contribution >= 4 is 0 Å². The summed E-state index contributed by atoms with van der Waals surface area (Å²) in [7, 11) is 0. The van der Waals surface area contributed by atoms with Gasteiger partial charge < -0.3 is 5.73 Å². The number of rotatable bonds is 6. The van der Waals surface area contributed by atoms with Crippen LogP contribution in [0, 0.1) is 11.3 Å². The lowest BCUT2D eigenvalue weighted by Gasteiger charge is -2.47. The maximum absolute atomic E-state index is 6.51. The molecule has 1 saturated carbocycles. The second-order valence-electron chi connectivity index (χ2n) is 7.96. The van der Waals surface area contributed by atoms with Crippen molar-refractivity contribution in [2.24, 2.45) is 17.1 Å². The molecule has 0 aliphatic heterocycles. The molecule has 0 radical (unpaired) electrons. The number of hydrogen-bond donors (Lipinski definition) is 1. The van der Waals surface area contributed by atoms with E-state index in [-0.39, 0.29) is 0 Å². The normalized spacial score (nSPS) is 29.7. The van der Waals surface area contributed by atoms with E-state index in [1.807, 2.05) is 0 Å². The Hall–Kier alpha value is -0.0800. The van der Waals surface area contributed by atoms with Gasteiger partial charge in [-0.3, -0.25) is 4.90 Å². The minimum Gasteiger partial charge on any atom is -0.326 e. The van der Waals surface area contributed by atoms with Crippen molar-refractivity contribution in [3.05, 3.63) is 0 Å². The molecule has 0 amide bonds. The highest BCUT2D eigenvalue weighted by molar-refractivity contribution is 4.93. The topological polar surface area (TPSA) is 29.3 Å². The molecular formula is C18H38N2. The van der Waals surface area contributed by atoms with E-state index in [1.165, 1.54) is 45.1 Å². The second kappa shape index (κ2) is 7.79. The maximum atomic E-state index is 6.51. The van der Waals surface area contributed by atoms with Gasteiger partial charge >= 0.3 is 0 Å². The summed E-state index contributed by atoms with van der Waals surface area (Å²) < 4.78 is 0. The van der Waals surface area contributed by atoms with Crippen LogP contribution < -0.4 is 5.73 Å². The van der Waals surface area contributed by atoms with E-state index in [9.17, 15) is 0 Å². The van der Waals surface area contributed by atoms with Gasteiger partial charge in [-0.2, -0.15) is 0 Å². The first-order chi connectivity index (χ1) is 9.31. The van der Waals surface area contributed by atoms with E-state index in [1.54, 1.807) is 0 Å². The lowest BCUT2D eigenvalue weighted by atomic mass is 9.69. The van der Waals surface area contributed by atoms with Gasteiger partial charge in [-0.25, -0.2) is 0 Å². The molecule has 2 N–H and O–H groups in total. The summed E-state index contributed by atoms with van der Waals surface area (Å²) >= 11 is 0. The molecule has 0 bridgehead atoms. The Morgan fingerprint density at radius 1 is 1.20 bits per heavy atom. The Bertz CT molecular complexity index is 269. The summed E-state index contributed by atoms with van der Waals surface area (Å²) in [5.74, 6) is 0.820. The molecule has 4 atom stereocenters. The predicted molar refractivity (Wildman–Crippen MR) is 89.9 cm³/mol. The van der Waals surface area contributed by atoms with Gasteiger partial charge in [0.05, 0.1) is 0 Å². The molecule has 0 aromatic carbocycles. The average molecular weight is 283 g/mol. The number of unbranched alkanes of at least 4 members (excludes halogenated alkanes) is 1. The zero-order valence-corrected chi connectivity index (χ0v) is 14.8. The largest absolute Gasteiger partial charge is 0.326 e. The van der Waals surface area contributed by atoms with E-state index in [0.717, 1.165) is 5.92 Å². The first-order valence-corrected chi connectivity index (χ1v) is 8.82. The second-order valence-corrected chi connectivity index (χ2v) is 7.96. The SMILES string of the molecule is CCCCN(C(C)CC)C1CC(C(C)(C)C)CCC1N. The fraction of sp³-hybridized carbons (Fsp3) is 1.00. The summed E-state index contributed by atoms with van der Waals surface area (Å²) in [5.41, 5.74) is 6.93. The first-order valence-electron chi connectivity index (χ1n) is 8.82. The van der Waals surface area contributed by atoms with Crippen LogP contribution in [0.25, 0.3) is 0 Å². The highest BCUT2D eigenvalue weighted by atomic mass is 15.2. The molecule has 2 heteroatoms. The van der Waals surface area contributed by atoms with Crippen LogP contribution in [0.3, 0.4) is 0 Å². The van der Waals surface area contributed by atoms with Gasteiger partial charge in [0, 0.05) is 18.1 Å². The summed E-state index contributed by atoms with van der Waals surface area (Å²) in [6.07, 6.45) is 7.60. The van der Waals surface area contributed by atoms with Crippen molar-refractivity contribution in [1.29, 1.82) is 0 Å². The van der Waals surface area contributed by atoms with Gasteiger partial charge in [0.25, 0.3) is 0 Å².